The summed E-state index contributed by atoms with van der Waals surface area (Å²) in [6, 6.07) is 15.8. The van der Waals surface area contributed by atoms with Crippen molar-refractivity contribution in [1.82, 2.24) is 9.88 Å². The first kappa shape index (κ1) is 17.7. The van der Waals surface area contributed by atoms with Gasteiger partial charge in [0.2, 0.25) is 5.91 Å². The van der Waals surface area contributed by atoms with E-state index in [1.807, 2.05) is 66.3 Å². The Morgan fingerprint density at radius 1 is 1.20 bits per heavy atom. The summed E-state index contributed by atoms with van der Waals surface area (Å²) in [5.41, 5.74) is 3.01. The van der Waals surface area contributed by atoms with Crippen LogP contribution < -0.4 is 5.32 Å². The molecule has 2 aromatic carbocycles. The maximum absolute atomic E-state index is 12.1. The van der Waals surface area contributed by atoms with Gasteiger partial charge in [-0.25, -0.2) is 0 Å². The van der Waals surface area contributed by atoms with Gasteiger partial charge in [0.15, 0.2) is 0 Å². The third kappa shape index (κ3) is 4.11. The first-order chi connectivity index (χ1) is 12.1. The van der Waals surface area contributed by atoms with Gasteiger partial charge in [-0.1, -0.05) is 52.3 Å². The summed E-state index contributed by atoms with van der Waals surface area (Å²) in [5.74, 6) is -0.0601. The Morgan fingerprint density at radius 3 is 2.72 bits per heavy atom. The number of para-hydroxylation sites is 1. The van der Waals surface area contributed by atoms with Gasteiger partial charge < -0.3 is 15.0 Å². The van der Waals surface area contributed by atoms with E-state index in [2.05, 4.69) is 21.2 Å². The monoisotopic (exact) mass is 400 g/mol. The highest BCUT2D eigenvalue weighted by Gasteiger charge is 2.15. The molecule has 0 aliphatic carbocycles. The van der Waals surface area contributed by atoms with E-state index in [4.69, 9.17) is 0 Å². The molecule has 130 valence electrons. The smallest absolute Gasteiger partial charge is 0.220 e. The Balaban J connectivity index is 1.57. The molecule has 3 aromatic rings. The number of fused-ring (bicyclic) bond motifs is 1. The molecule has 0 saturated carbocycles. The molecule has 1 aromatic heterocycles. The second-order valence-electron chi connectivity index (χ2n) is 6.12. The Bertz CT molecular complexity index is 888. The predicted molar refractivity (Wildman–Crippen MR) is 103 cm³/mol. The summed E-state index contributed by atoms with van der Waals surface area (Å²) in [4.78, 5) is 12.1. The highest BCUT2D eigenvalue weighted by Crippen LogP contribution is 2.25. The van der Waals surface area contributed by atoms with Crippen molar-refractivity contribution in [3.8, 4) is 0 Å². The average Bonchev–Trinajstić information content (AvgIpc) is 2.96. The molecule has 0 radical (unpaired) electrons. The van der Waals surface area contributed by atoms with Crippen molar-refractivity contribution in [2.75, 3.05) is 6.54 Å². The summed E-state index contributed by atoms with van der Waals surface area (Å²) in [5, 5.41) is 14.3. The third-order valence-electron chi connectivity index (χ3n) is 4.36. The van der Waals surface area contributed by atoms with Crippen LogP contribution >= 0.6 is 15.9 Å². The van der Waals surface area contributed by atoms with Gasteiger partial charge in [0.05, 0.1) is 6.10 Å². The fourth-order valence-corrected chi connectivity index (χ4v) is 3.48. The lowest BCUT2D eigenvalue weighted by Gasteiger charge is -2.12. The van der Waals surface area contributed by atoms with Crippen LogP contribution in [0.5, 0.6) is 0 Å². The Hall–Kier alpha value is -2.11. The van der Waals surface area contributed by atoms with Crippen molar-refractivity contribution >= 4 is 32.7 Å². The van der Waals surface area contributed by atoms with Crippen LogP contribution in [0.15, 0.2) is 59.2 Å². The Kier molecular flexibility index (Phi) is 5.56. The van der Waals surface area contributed by atoms with E-state index in [-0.39, 0.29) is 12.5 Å². The van der Waals surface area contributed by atoms with Crippen LogP contribution in [-0.2, 0) is 18.3 Å². The van der Waals surface area contributed by atoms with Gasteiger partial charge in [0.25, 0.3) is 0 Å². The fourth-order valence-electron chi connectivity index (χ4n) is 3.00. The van der Waals surface area contributed by atoms with Crippen LogP contribution in [0.1, 0.15) is 23.7 Å². The van der Waals surface area contributed by atoms with Gasteiger partial charge in [-0.3, -0.25) is 4.79 Å². The number of benzene rings is 2. The van der Waals surface area contributed by atoms with Crippen molar-refractivity contribution < 1.29 is 9.90 Å². The number of carbonyl (C=O) groups is 1. The van der Waals surface area contributed by atoms with Gasteiger partial charge in [0.1, 0.15) is 0 Å². The number of hydrogen-bond acceptors (Lipinski definition) is 2. The molecule has 0 spiro atoms. The zero-order valence-corrected chi connectivity index (χ0v) is 15.7. The number of nitrogens with one attached hydrogen (secondary N) is 1. The fraction of sp³-hybridized carbons (Fsp3) is 0.250. The lowest BCUT2D eigenvalue weighted by molar-refractivity contribution is -0.121. The molecule has 4 nitrogen and oxygen atoms in total. The highest BCUT2D eigenvalue weighted by molar-refractivity contribution is 9.10. The molecular formula is C20H21BrN2O2. The second-order valence-corrected chi connectivity index (χ2v) is 6.98. The lowest BCUT2D eigenvalue weighted by atomic mass is 10.1. The van der Waals surface area contributed by atoms with Gasteiger partial charge >= 0.3 is 0 Å². The van der Waals surface area contributed by atoms with E-state index in [0.29, 0.717) is 12.8 Å². The van der Waals surface area contributed by atoms with Gasteiger partial charge in [0, 0.05) is 47.1 Å². The van der Waals surface area contributed by atoms with E-state index >= 15 is 0 Å². The predicted octanol–water partition coefficient (Wildman–Crippen LogP) is 3.72. The molecule has 3 rings (SSSR count). The summed E-state index contributed by atoms with van der Waals surface area (Å²) in [7, 11) is 1.95. The minimum absolute atomic E-state index is 0.0601. The van der Waals surface area contributed by atoms with Crippen LogP contribution in [0.4, 0.5) is 0 Å². The second kappa shape index (κ2) is 7.85. The van der Waals surface area contributed by atoms with Crippen molar-refractivity contribution in [2.45, 2.75) is 18.9 Å². The molecule has 0 fully saturated rings. The first-order valence-electron chi connectivity index (χ1n) is 8.28. The summed E-state index contributed by atoms with van der Waals surface area (Å²) >= 11 is 3.49. The van der Waals surface area contributed by atoms with Crippen LogP contribution in [0.25, 0.3) is 10.9 Å². The molecular weight excluding hydrogens is 380 g/mol. The first-order valence-corrected chi connectivity index (χ1v) is 9.07. The molecule has 0 aliphatic heterocycles. The van der Waals surface area contributed by atoms with Crippen LogP contribution in [0.2, 0.25) is 0 Å². The van der Waals surface area contributed by atoms with Gasteiger partial charge in [-0.15, -0.1) is 0 Å². The summed E-state index contributed by atoms with van der Waals surface area (Å²) in [6.45, 7) is 0.211. The number of hydrogen-bond donors (Lipinski definition) is 2. The Labute approximate surface area is 155 Å². The molecule has 25 heavy (non-hydrogen) atoms. The van der Waals surface area contributed by atoms with E-state index in [1.165, 1.54) is 0 Å². The molecule has 0 saturated heterocycles. The number of aliphatic hydroxyl groups excluding tert-OH is 1. The molecule has 0 aliphatic rings. The average molecular weight is 401 g/mol. The number of carbonyl (C=O) groups excluding carboxylic acids is 1. The van der Waals surface area contributed by atoms with Crippen molar-refractivity contribution in [2.24, 2.45) is 7.05 Å². The molecule has 2 N–H and O–H groups in total. The van der Waals surface area contributed by atoms with Crippen LogP contribution in [-0.4, -0.2) is 22.1 Å². The number of amides is 1. The maximum Gasteiger partial charge on any atom is 0.220 e. The van der Waals surface area contributed by atoms with E-state index in [9.17, 15) is 9.90 Å². The molecule has 1 amide bonds. The largest absolute Gasteiger partial charge is 0.386 e. The van der Waals surface area contributed by atoms with Crippen LogP contribution in [0.3, 0.4) is 0 Å². The van der Waals surface area contributed by atoms with E-state index in [1.54, 1.807) is 0 Å². The van der Waals surface area contributed by atoms with E-state index in [0.717, 1.165) is 26.5 Å². The Morgan fingerprint density at radius 2 is 1.92 bits per heavy atom. The minimum Gasteiger partial charge on any atom is -0.386 e. The van der Waals surface area contributed by atoms with Gasteiger partial charge in [-0.2, -0.15) is 0 Å². The quantitative estimate of drug-likeness (QED) is 0.662. The summed E-state index contributed by atoms with van der Waals surface area (Å²) < 4.78 is 3.00. The van der Waals surface area contributed by atoms with Crippen molar-refractivity contribution in [3.63, 3.8) is 0 Å². The number of nitrogens with zero attached hydrogens (tertiary/aromatic N) is 1. The number of rotatable bonds is 6. The zero-order chi connectivity index (χ0) is 17.8. The number of aromatic nitrogens is 1. The SMILES string of the molecule is Cn1cc([C@@H](O)CNC(=O)CCc2ccccc2Br)c2ccccc21. The zero-order valence-electron chi connectivity index (χ0n) is 14.1. The lowest BCUT2D eigenvalue weighted by Crippen LogP contribution is -2.28. The maximum atomic E-state index is 12.1. The number of aryl methyl sites for hydroxylation is 2. The third-order valence-corrected chi connectivity index (χ3v) is 5.13. The normalized spacial score (nSPS) is 12.3. The molecule has 0 unspecified atom stereocenters. The molecule has 5 heteroatoms. The standard InChI is InChI=1S/C20H21BrN2O2/c1-23-13-16(15-7-3-5-9-18(15)23)19(24)12-22-20(25)11-10-14-6-2-4-8-17(14)21/h2-9,13,19,24H,10-12H2,1H3,(H,22,25)/t19-/m0/s1. The van der Waals surface area contributed by atoms with Crippen LogP contribution in [0, 0.1) is 0 Å². The number of aliphatic hydroxyl groups is 1. The topological polar surface area (TPSA) is 54.3 Å². The molecule has 0 bridgehead atoms. The molecule has 1 heterocycles. The minimum atomic E-state index is -0.724. The van der Waals surface area contributed by atoms with Crippen molar-refractivity contribution in [1.29, 1.82) is 0 Å². The summed E-state index contributed by atoms with van der Waals surface area (Å²) in [6.07, 6.45) is 2.25. The highest BCUT2D eigenvalue weighted by atomic mass is 79.9. The van der Waals surface area contributed by atoms with Gasteiger partial charge in [-0.05, 0) is 24.1 Å². The van der Waals surface area contributed by atoms with Crippen molar-refractivity contribution in [3.05, 3.63) is 70.3 Å². The number of halogens is 1. The van der Waals surface area contributed by atoms with E-state index < -0.39 is 6.10 Å². The molecule has 1 atom stereocenters.